The summed E-state index contributed by atoms with van der Waals surface area (Å²) >= 11 is 0. The minimum Gasteiger partial charge on any atom is -0.395 e. The fourth-order valence-corrected chi connectivity index (χ4v) is 1.14. The topological polar surface area (TPSA) is 32.3 Å². The van der Waals surface area contributed by atoms with Crippen LogP contribution in [0.2, 0.25) is 0 Å². The Morgan fingerprint density at radius 1 is 1.75 bits per heavy atom. The van der Waals surface area contributed by atoms with Gasteiger partial charge in [0.25, 0.3) is 0 Å². The van der Waals surface area contributed by atoms with Gasteiger partial charge in [0, 0.05) is 6.04 Å². The monoisotopic (exact) mass is 115 g/mol. The average molecular weight is 115 g/mol. The molecule has 1 heterocycles. The summed E-state index contributed by atoms with van der Waals surface area (Å²) in [6.07, 6.45) is 1.21. The van der Waals surface area contributed by atoms with E-state index in [1.54, 1.807) is 0 Å². The van der Waals surface area contributed by atoms with Crippen LogP contribution >= 0.6 is 0 Å². The molecule has 0 aromatic carbocycles. The van der Waals surface area contributed by atoms with Crippen LogP contribution in [0, 0.1) is 5.92 Å². The molecule has 8 heavy (non-hydrogen) atoms. The van der Waals surface area contributed by atoms with Crippen molar-refractivity contribution < 1.29 is 5.11 Å². The molecule has 0 radical (unpaired) electrons. The summed E-state index contributed by atoms with van der Waals surface area (Å²) in [6, 6.07) is 0.370. The Hall–Kier alpha value is -0.0800. The lowest BCUT2D eigenvalue weighted by atomic mass is 10.1. The smallest absolute Gasteiger partial charge is 0.0587 e. The van der Waals surface area contributed by atoms with Crippen LogP contribution in [-0.4, -0.2) is 24.3 Å². The summed E-state index contributed by atoms with van der Waals surface area (Å²) < 4.78 is 0. The zero-order valence-corrected chi connectivity index (χ0v) is 5.22. The number of hydrogen-bond donors (Lipinski definition) is 2. The highest BCUT2D eigenvalue weighted by atomic mass is 16.3. The van der Waals surface area contributed by atoms with Gasteiger partial charge in [-0.15, -0.1) is 0 Å². The first kappa shape index (κ1) is 6.05. The molecule has 0 aromatic rings. The second kappa shape index (κ2) is 2.46. The van der Waals surface area contributed by atoms with Gasteiger partial charge in [0.2, 0.25) is 0 Å². The Balaban J connectivity index is 2.30. The van der Waals surface area contributed by atoms with E-state index in [1.165, 1.54) is 6.42 Å². The minimum atomic E-state index is 0.293. The number of aliphatic hydroxyl groups excluding tert-OH is 1. The van der Waals surface area contributed by atoms with E-state index in [2.05, 4.69) is 12.2 Å². The lowest BCUT2D eigenvalue weighted by Gasteiger charge is -2.10. The maximum atomic E-state index is 8.67. The van der Waals surface area contributed by atoms with Crippen molar-refractivity contribution in [3.63, 3.8) is 0 Å². The Labute approximate surface area is 49.9 Å². The highest BCUT2D eigenvalue weighted by molar-refractivity contribution is 4.79. The summed E-state index contributed by atoms with van der Waals surface area (Å²) in [6.45, 7) is 3.54. The summed E-state index contributed by atoms with van der Waals surface area (Å²) in [5, 5.41) is 11.9. The van der Waals surface area contributed by atoms with Crippen LogP contribution in [0.4, 0.5) is 0 Å². The molecule has 2 heteroatoms. The van der Waals surface area contributed by atoms with E-state index in [4.69, 9.17) is 5.11 Å². The molecule has 1 aliphatic heterocycles. The van der Waals surface area contributed by atoms with Crippen molar-refractivity contribution in [3.8, 4) is 0 Å². The lowest BCUT2D eigenvalue weighted by Crippen LogP contribution is -2.29. The third-order valence-corrected chi connectivity index (χ3v) is 1.89. The normalized spacial score (nSPS) is 38.2. The third kappa shape index (κ3) is 1.01. The summed E-state index contributed by atoms with van der Waals surface area (Å²) in [4.78, 5) is 0. The van der Waals surface area contributed by atoms with Gasteiger partial charge in [0.1, 0.15) is 0 Å². The van der Waals surface area contributed by atoms with Gasteiger partial charge in [-0.25, -0.2) is 0 Å². The van der Waals surface area contributed by atoms with E-state index in [-0.39, 0.29) is 0 Å². The van der Waals surface area contributed by atoms with Gasteiger partial charge >= 0.3 is 0 Å². The second-order valence-corrected chi connectivity index (χ2v) is 2.51. The van der Waals surface area contributed by atoms with Crippen LogP contribution in [-0.2, 0) is 0 Å². The zero-order valence-electron chi connectivity index (χ0n) is 5.22. The van der Waals surface area contributed by atoms with Crippen molar-refractivity contribution in [3.05, 3.63) is 0 Å². The van der Waals surface area contributed by atoms with Crippen LogP contribution in [0.5, 0.6) is 0 Å². The fourth-order valence-electron chi connectivity index (χ4n) is 1.14. The van der Waals surface area contributed by atoms with Crippen LogP contribution in [0.15, 0.2) is 0 Å². The molecule has 0 aliphatic carbocycles. The molecule has 1 unspecified atom stereocenters. The Morgan fingerprint density at radius 3 is 2.75 bits per heavy atom. The van der Waals surface area contributed by atoms with Gasteiger partial charge in [-0.1, -0.05) is 6.92 Å². The Kier molecular flexibility index (Phi) is 1.86. The molecule has 0 bridgehead atoms. The largest absolute Gasteiger partial charge is 0.395 e. The first-order valence-electron chi connectivity index (χ1n) is 3.19. The number of hydrogen-bond acceptors (Lipinski definition) is 2. The van der Waals surface area contributed by atoms with Crippen molar-refractivity contribution in [1.29, 1.82) is 0 Å². The van der Waals surface area contributed by atoms with Crippen molar-refractivity contribution in [1.82, 2.24) is 5.32 Å². The molecule has 2 atom stereocenters. The lowest BCUT2D eigenvalue weighted by molar-refractivity contribution is 0.233. The van der Waals surface area contributed by atoms with E-state index in [0.29, 0.717) is 18.6 Å². The average Bonchev–Trinajstić information content (AvgIpc) is 2.14. The Morgan fingerprint density at radius 2 is 2.50 bits per heavy atom. The maximum absolute atomic E-state index is 8.67. The van der Waals surface area contributed by atoms with Gasteiger partial charge in [-0.05, 0) is 18.9 Å². The molecule has 0 amide bonds. The molecule has 0 saturated carbocycles. The predicted molar refractivity (Wildman–Crippen MR) is 32.7 cm³/mol. The summed E-state index contributed by atoms with van der Waals surface area (Å²) in [5.41, 5.74) is 0. The van der Waals surface area contributed by atoms with Crippen molar-refractivity contribution in [2.45, 2.75) is 19.4 Å². The minimum absolute atomic E-state index is 0.293. The predicted octanol–water partition coefficient (Wildman–Crippen LogP) is -0.0233. The van der Waals surface area contributed by atoms with Gasteiger partial charge in [-0.2, -0.15) is 0 Å². The molecule has 1 saturated heterocycles. The number of rotatable bonds is 1. The summed E-state index contributed by atoms with van der Waals surface area (Å²) in [7, 11) is 0. The molecule has 1 rings (SSSR count). The van der Waals surface area contributed by atoms with Crippen molar-refractivity contribution in [2.75, 3.05) is 13.2 Å². The highest BCUT2D eigenvalue weighted by Gasteiger charge is 2.20. The van der Waals surface area contributed by atoms with E-state index in [0.717, 1.165) is 6.54 Å². The van der Waals surface area contributed by atoms with Crippen molar-refractivity contribution >= 4 is 0 Å². The van der Waals surface area contributed by atoms with E-state index >= 15 is 0 Å². The van der Waals surface area contributed by atoms with Gasteiger partial charge in [0.15, 0.2) is 0 Å². The van der Waals surface area contributed by atoms with E-state index in [1.807, 2.05) is 0 Å². The Bertz CT molecular complexity index is 74.9. The second-order valence-electron chi connectivity index (χ2n) is 2.51. The van der Waals surface area contributed by atoms with Crippen LogP contribution in [0.3, 0.4) is 0 Å². The molecule has 0 aromatic heterocycles. The zero-order chi connectivity index (χ0) is 5.98. The molecule has 1 aliphatic rings. The van der Waals surface area contributed by atoms with E-state index < -0.39 is 0 Å². The molecule has 2 nitrogen and oxygen atoms in total. The third-order valence-electron chi connectivity index (χ3n) is 1.89. The molecular weight excluding hydrogens is 102 g/mol. The SMILES string of the molecule is C[C@H]1CCNC1CO. The standard InChI is InChI=1S/C6H13NO/c1-5-2-3-7-6(5)4-8/h5-8H,2-4H2,1H3/t5-,6?/m0/s1. The molecule has 2 N–H and O–H groups in total. The highest BCUT2D eigenvalue weighted by Crippen LogP contribution is 2.12. The quantitative estimate of drug-likeness (QED) is 0.503. The van der Waals surface area contributed by atoms with Crippen molar-refractivity contribution in [2.24, 2.45) is 5.92 Å². The number of nitrogens with one attached hydrogen (secondary N) is 1. The van der Waals surface area contributed by atoms with Crippen LogP contribution < -0.4 is 5.32 Å². The van der Waals surface area contributed by atoms with Gasteiger partial charge < -0.3 is 10.4 Å². The maximum Gasteiger partial charge on any atom is 0.0587 e. The fraction of sp³-hybridized carbons (Fsp3) is 1.00. The first-order chi connectivity index (χ1) is 3.84. The molecular formula is C6H13NO. The molecule has 0 spiro atoms. The summed E-state index contributed by atoms with van der Waals surface area (Å²) in [5.74, 6) is 0.667. The van der Waals surface area contributed by atoms with Crippen LogP contribution in [0.25, 0.3) is 0 Å². The first-order valence-corrected chi connectivity index (χ1v) is 3.19. The molecule has 1 fully saturated rings. The number of aliphatic hydroxyl groups is 1. The van der Waals surface area contributed by atoms with Gasteiger partial charge in [-0.3, -0.25) is 0 Å². The van der Waals surface area contributed by atoms with Gasteiger partial charge in [0.05, 0.1) is 6.61 Å². The van der Waals surface area contributed by atoms with E-state index in [9.17, 15) is 0 Å². The molecule has 48 valence electrons. The van der Waals surface area contributed by atoms with Crippen LogP contribution in [0.1, 0.15) is 13.3 Å².